The summed E-state index contributed by atoms with van der Waals surface area (Å²) in [6.45, 7) is 4.54. The van der Waals surface area contributed by atoms with Crippen LogP contribution in [0.2, 0.25) is 0 Å². The van der Waals surface area contributed by atoms with Crippen molar-refractivity contribution in [3.05, 3.63) is 83.4 Å². The Hall–Kier alpha value is -3.18. The highest BCUT2D eigenvalue weighted by molar-refractivity contribution is 5.51. The van der Waals surface area contributed by atoms with Crippen LogP contribution in [0.1, 0.15) is 41.4 Å². The maximum atomic E-state index is 9.93. The maximum Gasteiger partial charge on any atom is 0.126 e. The van der Waals surface area contributed by atoms with E-state index in [4.69, 9.17) is 9.47 Å². The summed E-state index contributed by atoms with van der Waals surface area (Å²) < 4.78 is 12.0. The molecule has 0 aliphatic carbocycles. The first-order chi connectivity index (χ1) is 15.7. The Morgan fingerprint density at radius 3 is 2.28 bits per heavy atom. The zero-order chi connectivity index (χ0) is 21.9. The van der Waals surface area contributed by atoms with Crippen molar-refractivity contribution >= 4 is 0 Å². The Balaban J connectivity index is 1.39. The van der Waals surface area contributed by atoms with E-state index in [2.05, 4.69) is 17.0 Å². The first-order valence-corrected chi connectivity index (χ1v) is 11.4. The molecule has 5 rings (SSSR count). The Labute approximate surface area is 188 Å². The number of ether oxygens (including phenoxy) is 2. The van der Waals surface area contributed by atoms with E-state index in [0.717, 1.165) is 29.2 Å². The SMILES string of the molecule is Oc1ccc([C@H]2COc3cc(O)ccc3[C@@H]2c2ccc(OCCN3CCCC3)cc2)cc1. The normalized spacial score (nSPS) is 20.5. The minimum Gasteiger partial charge on any atom is -0.508 e. The molecule has 2 N–H and O–H groups in total. The minimum atomic E-state index is 0.0718. The van der Waals surface area contributed by atoms with Gasteiger partial charge in [-0.1, -0.05) is 30.3 Å². The zero-order valence-electron chi connectivity index (χ0n) is 18.1. The largest absolute Gasteiger partial charge is 0.508 e. The summed E-state index contributed by atoms with van der Waals surface area (Å²) in [4.78, 5) is 2.45. The van der Waals surface area contributed by atoms with Crippen molar-refractivity contribution in [1.82, 2.24) is 4.90 Å². The van der Waals surface area contributed by atoms with E-state index in [1.165, 1.54) is 31.5 Å². The van der Waals surface area contributed by atoms with Crippen molar-refractivity contribution in [2.75, 3.05) is 32.8 Å². The number of hydrogen-bond donors (Lipinski definition) is 2. The van der Waals surface area contributed by atoms with Gasteiger partial charge < -0.3 is 19.7 Å². The molecule has 1 fully saturated rings. The van der Waals surface area contributed by atoms with Gasteiger partial charge in [0, 0.05) is 30.0 Å². The number of nitrogens with zero attached hydrogens (tertiary/aromatic N) is 1. The van der Waals surface area contributed by atoms with Crippen LogP contribution in [-0.2, 0) is 0 Å². The number of rotatable bonds is 6. The molecule has 5 nitrogen and oxygen atoms in total. The Bertz CT molecular complexity index is 1040. The average molecular weight is 432 g/mol. The van der Waals surface area contributed by atoms with Gasteiger partial charge in [0.25, 0.3) is 0 Å². The fourth-order valence-electron chi connectivity index (χ4n) is 4.89. The maximum absolute atomic E-state index is 9.93. The standard InChI is InChI=1S/C27H29NO4/c29-21-7-3-19(4-8-21)25-18-32-26-17-22(30)9-12-24(26)27(25)20-5-10-23(11-6-20)31-16-15-28-13-1-2-14-28/h3-12,17,25,27,29-30H,1-2,13-16,18H2/t25-,27+/m1/s1. The van der Waals surface area contributed by atoms with E-state index in [9.17, 15) is 10.2 Å². The summed E-state index contributed by atoms with van der Waals surface area (Å²) in [5.41, 5.74) is 3.33. The van der Waals surface area contributed by atoms with E-state index in [-0.39, 0.29) is 23.3 Å². The first-order valence-electron chi connectivity index (χ1n) is 11.4. The van der Waals surface area contributed by atoms with Gasteiger partial charge in [0.1, 0.15) is 29.6 Å². The van der Waals surface area contributed by atoms with Crippen molar-refractivity contribution in [2.24, 2.45) is 0 Å². The van der Waals surface area contributed by atoms with Gasteiger partial charge in [-0.05, 0) is 67.4 Å². The van der Waals surface area contributed by atoms with Gasteiger partial charge in [-0.15, -0.1) is 0 Å². The molecule has 3 aromatic rings. The van der Waals surface area contributed by atoms with E-state index in [1.807, 2.05) is 30.3 Å². The second-order valence-corrected chi connectivity index (χ2v) is 8.68. The molecule has 32 heavy (non-hydrogen) atoms. The lowest BCUT2D eigenvalue weighted by molar-refractivity contribution is 0.237. The fraction of sp³-hybridized carbons (Fsp3) is 0.333. The van der Waals surface area contributed by atoms with E-state index >= 15 is 0 Å². The molecule has 1 saturated heterocycles. The molecule has 2 atom stereocenters. The molecule has 2 aliphatic rings. The second-order valence-electron chi connectivity index (χ2n) is 8.68. The molecule has 0 aromatic heterocycles. The van der Waals surface area contributed by atoms with Crippen LogP contribution in [0.25, 0.3) is 0 Å². The number of hydrogen-bond acceptors (Lipinski definition) is 5. The molecule has 166 valence electrons. The predicted molar refractivity (Wildman–Crippen MR) is 124 cm³/mol. The number of aromatic hydroxyl groups is 2. The lowest BCUT2D eigenvalue weighted by Crippen LogP contribution is -2.25. The summed E-state index contributed by atoms with van der Waals surface area (Å²) >= 11 is 0. The van der Waals surface area contributed by atoms with Crippen molar-refractivity contribution in [3.8, 4) is 23.0 Å². The monoisotopic (exact) mass is 431 g/mol. The molecule has 2 heterocycles. The smallest absolute Gasteiger partial charge is 0.126 e. The number of fused-ring (bicyclic) bond motifs is 1. The molecular formula is C27H29NO4. The van der Waals surface area contributed by atoms with Crippen LogP contribution in [0.5, 0.6) is 23.0 Å². The van der Waals surface area contributed by atoms with Gasteiger partial charge in [-0.3, -0.25) is 4.90 Å². The second kappa shape index (κ2) is 9.13. The van der Waals surface area contributed by atoms with E-state index < -0.39 is 0 Å². The van der Waals surface area contributed by atoms with E-state index in [0.29, 0.717) is 13.2 Å². The average Bonchev–Trinajstić information content (AvgIpc) is 3.33. The third-order valence-corrected chi connectivity index (χ3v) is 6.59. The zero-order valence-corrected chi connectivity index (χ0v) is 18.1. The van der Waals surface area contributed by atoms with E-state index in [1.54, 1.807) is 24.3 Å². The molecule has 0 amide bonds. The van der Waals surface area contributed by atoms with Crippen LogP contribution in [0, 0.1) is 0 Å². The molecule has 2 aliphatic heterocycles. The highest BCUT2D eigenvalue weighted by atomic mass is 16.5. The Morgan fingerprint density at radius 2 is 1.53 bits per heavy atom. The summed E-state index contributed by atoms with van der Waals surface area (Å²) in [5.74, 6) is 2.22. The quantitative estimate of drug-likeness (QED) is 0.582. The molecule has 0 spiro atoms. The summed E-state index contributed by atoms with van der Waals surface area (Å²) in [6, 6.07) is 21.0. The van der Waals surface area contributed by atoms with Crippen LogP contribution in [0.3, 0.4) is 0 Å². The van der Waals surface area contributed by atoms with Gasteiger partial charge in [0.15, 0.2) is 0 Å². The lowest BCUT2D eigenvalue weighted by atomic mass is 9.76. The minimum absolute atomic E-state index is 0.0718. The van der Waals surface area contributed by atoms with Gasteiger partial charge in [-0.2, -0.15) is 0 Å². The summed E-state index contributed by atoms with van der Waals surface area (Å²) in [5, 5.41) is 19.6. The molecule has 0 radical (unpaired) electrons. The number of phenolic OH excluding ortho intramolecular Hbond substituents is 2. The van der Waals surface area contributed by atoms with Gasteiger partial charge in [-0.25, -0.2) is 0 Å². The van der Waals surface area contributed by atoms with Crippen molar-refractivity contribution in [2.45, 2.75) is 24.7 Å². The molecule has 0 unspecified atom stereocenters. The van der Waals surface area contributed by atoms with Crippen LogP contribution in [0.4, 0.5) is 0 Å². The van der Waals surface area contributed by atoms with Gasteiger partial charge >= 0.3 is 0 Å². The number of phenols is 2. The van der Waals surface area contributed by atoms with Crippen molar-refractivity contribution in [1.29, 1.82) is 0 Å². The molecular weight excluding hydrogens is 402 g/mol. The molecule has 0 bridgehead atoms. The van der Waals surface area contributed by atoms with Crippen LogP contribution in [-0.4, -0.2) is 48.0 Å². The molecule has 5 heteroatoms. The lowest BCUT2D eigenvalue weighted by Gasteiger charge is -2.34. The molecule has 3 aromatic carbocycles. The predicted octanol–water partition coefficient (Wildman–Crippen LogP) is 4.88. The first kappa shape index (κ1) is 20.7. The number of likely N-dealkylation sites (tertiary alicyclic amines) is 1. The third kappa shape index (κ3) is 4.39. The van der Waals surface area contributed by atoms with Crippen molar-refractivity contribution in [3.63, 3.8) is 0 Å². The Morgan fingerprint density at radius 1 is 0.844 bits per heavy atom. The number of benzene rings is 3. The van der Waals surface area contributed by atoms with Crippen molar-refractivity contribution < 1.29 is 19.7 Å². The van der Waals surface area contributed by atoms with Gasteiger partial charge in [0.2, 0.25) is 0 Å². The Kier molecular flexibility index (Phi) is 5.91. The topological polar surface area (TPSA) is 62.2 Å². The summed E-state index contributed by atoms with van der Waals surface area (Å²) in [7, 11) is 0. The summed E-state index contributed by atoms with van der Waals surface area (Å²) in [6.07, 6.45) is 2.59. The highest BCUT2D eigenvalue weighted by Crippen LogP contribution is 2.47. The van der Waals surface area contributed by atoms with Crippen LogP contribution in [0.15, 0.2) is 66.7 Å². The van der Waals surface area contributed by atoms with Crippen LogP contribution >= 0.6 is 0 Å². The fourth-order valence-corrected chi connectivity index (χ4v) is 4.89. The van der Waals surface area contributed by atoms with Gasteiger partial charge in [0.05, 0.1) is 6.61 Å². The molecule has 0 saturated carbocycles. The third-order valence-electron chi connectivity index (χ3n) is 6.59. The van der Waals surface area contributed by atoms with Crippen LogP contribution < -0.4 is 9.47 Å². The highest BCUT2D eigenvalue weighted by Gasteiger charge is 2.33.